The monoisotopic (exact) mass is 454 g/mol. The van der Waals surface area contributed by atoms with Crippen LogP contribution in [0.15, 0.2) is 42.5 Å². The van der Waals surface area contributed by atoms with Crippen LogP contribution in [0.2, 0.25) is 0 Å². The number of methoxy groups -OCH3 is 1. The summed E-state index contributed by atoms with van der Waals surface area (Å²) in [7, 11) is 1.62. The summed E-state index contributed by atoms with van der Waals surface area (Å²) in [4.78, 5) is 0. The highest BCUT2D eigenvalue weighted by Crippen LogP contribution is 2.15. The van der Waals surface area contributed by atoms with E-state index >= 15 is 0 Å². The number of ether oxygens (including phenoxy) is 1. The number of unbranched alkanes of at least 4 members (excludes halogenated alkanes) is 1. The molecule has 0 bridgehead atoms. The van der Waals surface area contributed by atoms with Crippen LogP contribution in [0, 0.1) is 11.6 Å². The molecule has 0 aliphatic rings. The molecule has 3 N–H and O–H groups in total. The summed E-state index contributed by atoms with van der Waals surface area (Å²) in [6, 6.07) is 10.8. The Kier molecular flexibility index (Phi) is 14.2. The highest BCUT2D eigenvalue weighted by molar-refractivity contribution is 7.97. The summed E-state index contributed by atoms with van der Waals surface area (Å²) in [5.74, 6) is 0.477. The molecule has 4 nitrogen and oxygen atoms in total. The third-order valence-corrected chi connectivity index (χ3v) is 5.46. The van der Waals surface area contributed by atoms with Gasteiger partial charge in [0.2, 0.25) is 0 Å². The first-order chi connectivity index (χ1) is 15.0. The second-order valence-electron chi connectivity index (χ2n) is 6.96. The Morgan fingerprint density at radius 2 is 1.77 bits per heavy atom. The molecule has 2 aromatic carbocycles. The zero-order chi connectivity index (χ0) is 23.1. The van der Waals surface area contributed by atoms with Crippen molar-refractivity contribution >= 4 is 11.9 Å². The maximum absolute atomic E-state index is 13.5. The van der Waals surface area contributed by atoms with Gasteiger partial charge in [-0.3, -0.25) is 4.72 Å². The molecule has 0 unspecified atom stereocenters. The second-order valence-corrected chi connectivity index (χ2v) is 7.89. The summed E-state index contributed by atoms with van der Waals surface area (Å²) in [5, 5.41) is 13.9. The number of aliphatic hydroxyl groups excluding tert-OH is 1. The first kappa shape index (κ1) is 27.4. The summed E-state index contributed by atoms with van der Waals surface area (Å²) in [5.41, 5.74) is 1.56. The number of rotatable bonds is 13. The SMILES string of the molecule is CC.CCCCSN[C@@H](Cc1cc(F)cc(F)c1)[C@H](O)CNCc1cccc(OC)c1. The Morgan fingerprint density at radius 1 is 1.06 bits per heavy atom. The van der Waals surface area contributed by atoms with E-state index in [1.807, 2.05) is 38.1 Å². The number of aliphatic hydroxyl groups is 1. The predicted molar refractivity (Wildman–Crippen MR) is 126 cm³/mol. The van der Waals surface area contributed by atoms with Crippen molar-refractivity contribution < 1.29 is 18.6 Å². The lowest BCUT2D eigenvalue weighted by atomic mass is 10.0. The van der Waals surface area contributed by atoms with Crippen LogP contribution in [-0.4, -0.2) is 36.7 Å². The van der Waals surface area contributed by atoms with Crippen molar-refractivity contribution in [2.75, 3.05) is 19.4 Å². The van der Waals surface area contributed by atoms with Crippen molar-refractivity contribution in [3.05, 3.63) is 65.2 Å². The molecule has 0 aromatic heterocycles. The highest BCUT2D eigenvalue weighted by atomic mass is 32.2. The van der Waals surface area contributed by atoms with E-state index in [0.29, 0.717) is 25.1 Å². The first-order valence-electron chi connectivity index (χ1n) is 10.9. The summed E-state index contributed by atoms with van der Waals surface area (Å²) in [6.45, 7) is 7.05. The average Bonchev–Trinajstić information content (AvgIpc) is 2.76. The quantitative estimate of drug-likeness (QED) is 0.290. The van der Waals surface area contributed by atoms with Gasteiger partial charge in [0.15, 0.2) is 0 Å². The smallest absolute Gasteiger partial charge is 0.126 e. The van der Waals surface area contributed by atoms with E-state index in [9.17, 15) is 13.9 Å². The molecule has 2 aromatic rings. The lowest BCUT2D eigenvalue weighted by Gasteiger charge is -2.24. The van der Waals surface area contributed by atoms with Gasteiger partial charge < -0.3 is 15.2 Å². The molecule has 0 fully saturated rings. The van der Waals surface area contributed by atoms with Crippen molar-refractivity contribution in [1.29, 1.82) is 0 Å². The van der Waals surface area contributed by atoms with Gasteiger partial charge in [-0.2, -0.15) is 0 Å². The zero-order valence-electron chi connectivity index (χ0n) is 19.0. The van der Waals surface area contributed by atoms with Crippen LogP contribution in [0.3, 0.4) is 0 Å². The van der Waals surface area contributed by atoms with Crippen LogP contribution in [-0.2, 0) is 13.0 Å². The minimum Gasteiger partial charge on any atom is -0.497 e. The summed E-state index contributed by atoms with van der Waals surface area (Å²) < 4.78 is 35.6. The summed E-state index contributed by atoms with van der Waals surface area (Å²) >= 11 is 1.53. The standard InChI is InChI=1S/C22H30F2N2O2S.C2H6/c1-3-4-8-29-26-21(12-17-9-18(23)13-19(24)10-17)22(27)15-25-14-16-6-5-7-20(11-16)28-2;1-2/h5-7,9-11,13,21-22,25-27H,3-4,8,12,14-15H2,1-2H3;1-2H3/t21-,22+;/m0./s1. The van der Waals surface area contributed by atoms with E-state index in [1.165, 1.54) is 24.1 Å². The topological polar surface area (TPSA) is 53.5 Å². The third-order valence-electron chi connectivity index (χ3n) is 4.49. The largest absolute Gasteiger partial charge is 0.497 e. The van der Waals surface area contributed by atoms with E-state index in [4.69, 9.17) is 4.74 Å². The number of nitrogens with one attached hydrogen (secondary N) is 2. The summed E-state index contributed by atoms with van der Waals surface area (Å²) in [6.07, 6.45) is 1.75. The maximum atomic E-state index is 13.5. The fraction of sp³-hybridized carbons (Fsp3) is 0.500. The van der Waals surface area contributed by atoms with E-state index in [-0.39, 0.29) is 6.04 Å². The van der Waals surface area contributed by atoms with E-state index in [2.05, 4.69) is 17.0 Å². The molecule has 31 heavy (non-hydrogen) atoms. The molecule has 2 atom stereocenters. The molecular formula is C24H36F2N2O2S. The van der Waals surface area contributed by atoms with E-state index in [0.717, 1.165) is 36.0 Å². The normalized spacial score (nSPS) is 12.6. The Bertz CT molecular complexity index is 729. The highest BCUT2D eigenvalue weighted by Gasteiger charge is 2.20. The third kappa shape index (κ3) is 11.0. The van der Waals surface area contributed by atoms with Crippen LogP contribution >= 0.6 is 11.9 Å². The van der Waals surface area contributed by atoms with Crippen molar-refractivity contribution in [3.63, 3.8) is 0 Å². The molecule has 174 valence electrons. The van der Waals surface area contributed by atoms with Crippen molar-refractivity contribution in [2.45, 2.75) is 58.7 Å². The maximum Gasteiger partial charge on any atom is 0.126 e. The Labute approximate surface area is 189 Å². The van der Waals surface area contributed by atoms with Crippen LogP contribution in [0.25, 0.3) is 0 Å². The fourth-order valence-electron chi connectivity index (χ4n) is 2.91. The van der Waals surface area contributed by atoms with Crippen LogP contribution in [0.1, 0.15) is 44.7 Å². The number of hydrogen-bond acceptors (Lipinski definition) is 5. The molecule has 2 rings (SSSR count). The fourth-order valence-corrected chi connectivity index (χ4v) is 3.92. The first-order valence-corrected chi connectivity index (χ1v) is 11.8. The van der Waals surface area contributed by atoms with Gasteiger partial charge in [0.25, 0.3) is 0 Å². The van der Waals surface area contributed by atoms with Crippen molar-refractivity contribution in [2.24, 2.45) is 0 Å². The molecule has 0 saturated heterocycles. The second kappa shape index (κ2) is 16.0. The van der Waals surface area contributed by atoms with Gasteiger partial charge in [0.05, 0.1) is 13.2 Å². The van der Waals surface area contributed by atoms with Gasteiger partial charge in [-0.05, 0) is 48.2 Å². The zero-order valence-corrected chi connectivity index (χ0v) is 19.8. The lowest BCUT2D eigenvalue weighted by Crippen LogP contribution is -2.44. The number of benzene rings is 2. The Hall–Kier alpha value is -1.67. The molecule has 0 amide bonds. The van der Waals surface area contributed by atoms with Gasteiger partial charge in [-0.1, -0.05) is 51.3 Å². The number of hydrogen-bond donors (Lipinski definition) is 3. The molecule has 7 heteroatoms. The van der Waals surface area contributed by atoms with E-state index < -0.39 is 17.7 Å². The lowest BCUT2D eigenvalue weighted by molar-refractivity contribution is 0.136. The van der Waals surface area contributed by atoms with Gasteiger partial charge >= 0.3 is 0 Å². The van der Waals surface area contributed by atoms with E-state index in [1.54, 1.807) is 7.11 Å². The van der Waals surface area contributed by atoms with Crippen LogP contribution in [0.4, 0.5) is 8.78 Å². The van der Waals surface area contributed by atoms with Crippen LogP contribution in [0.5, 0.6) is 5.75 Å². The Morgan fingerprint density at radius 3 is 2.42 bits per heavy atom. The number of halogens is 2. The minimum absolute atomic E-state index is 0.329. The average molecular weight is 455 g/mol. The molecular weight excluding hydrogens is 418 g/mol. The molecule has 0 radical (unpaired) electrons. The van der Waals surface area contributed by atoms with Crippen molar-refractivity contribution in [1.82, 2.24) is 10.0 Å². The van der Waals surface area contributed by atoms with Crippen LogP contribution < -0.4 is 14.8 Å². The molecule has 0 aliphatic heterocycles. The minimum atomic E-state index is -0.721. The molecule has 0 saturated carbocycles. The molecule has 0 aliphatic carbocycles. The predicted octanol–water partition coefficient (Wildman–Crippen LogP) is 5.10. The Balaban J connectivity index is 0.00000233. The van der Waals surface area contributed by atoms with Gasteiger partial charge in [-0.25, -0.2) is 8.78 Å². The van der Waals surface area contributed by atoms with Gasteiger partial charge in [-0.15, -0.1) is 0 Å². The molecule has 0 spiro atoms. The van der Waals surface area contributed by atoms with Gasteiger partial charge in [0, 0.05) is 31.0 Å². The van der Waals surface area contributed by atoms with Gasteiger partial charge in [0.1, 0.15) is 17.4 Å². The van der Waals surface area contributed by atoms with Crippen molar-refractivity contribution in [3.8, 4) is 5.75 Å². The molecule has 0 heterocycles.